The van der Waals surface area contributed by atoms with Gasteiger partial charge in [0.15, 0.2) is 5.15 Å². The van der Waals surface area contributed by atoms with Crippen molar-refractivity contribution < 1.29 is 9.53 Å². The van der Waals surface area contributed by atoms with Gasteiger partial charge < -0.3 is 4.74 Å². The van der Waals surface area contributed by atoms with Crippen molar-refractivity contribution in [2.45, 2.75) is 23.6 Å². The number of ether oxygens (including phenoxy) is 1. The second kappa shape index (κ2) is 7.55. The van der Waals surface area contributed by atoms with Crippen LogP contribution in [0.4, 0.5) is 0 Å². The zero-order valence-corrected chi connectivity index (χ0v) is 14.9. The van der Waals surface area contributed by atoms with Gasteiger partial charge in [-0.3, -0.25) is 0 Å². The van der Waals surface area contributed by atoms with Crippen molar-refractivity contribution >= 4 is 52.5 Å². The molecule has 1 aromatic carbocycles. The number of benzene rings is 1. The molecule has 0 aliphatic rings. The van der Waals surface area contributed by atoms with E-state index < -0.39 is 5.97 Å². The number of pyridine rings is 1. The number of aryl methyl sites for hydroxylation is 1. The van der Waals surface area contributed by atoms with Gasteiger partial charge in [-0.1, -0.05) is 64.3 Å². The molecule has 0 aliphatic carbocycles. The van der Waals surface area contributed by atoms with Crippen LogP contribution in [0.3, 0.4) is 0 Å². The van der Waals surface area contributed by atoms with Crippen molar-refractivity contribution in [2.75, 3.05) is 6.61 Å². The lowest BCUT2D eigenvalue weighted by atomic mass is 10.2. The molecule has 0 saturated carbocycles. The largest absolute Gasteiger partial charge is 0.462 e. The zero-order valence-electron chi connectivity index (χ0n) is 11.8. The van der Waals surface area contributed by atoms with E-state index >= 15 is 0 Å². The quantitative estimate of drug-likeness (QED) is 0.508. The average Bonchev–Trinajstić information content (AvgIpc) is 2.47. The fourth-order valence-electron chi connectivity index (χ4n) is 1.69. The second-order valence-electron chi connectivity index (χ2n) is 4.35. The summed E-state index contributed by atoms with van der Waals surface area (Å²) in [7, 11) is 0. The van der Waals surface area contributed by atoms with Gasteiger partial charge in [-0.2, -0.15) is 0 Å². The molecule has 0 unspecified atom stereocenters. The number of rotatable bonds is 4. The maximum Gasteiger partial charge on any atom is 0.342 e. The van der Waals surface area contributed by atoms with Crippen molar-refractivity contribution in [3.05, 3.63) is 50.7 Å². The van der Waals surface area contributed by atoms with Crippen LogP contribution < -0.4 is 0 Å². The molecular formula is C15H12Cl3NO2S. The maximum absolute atomic E-state index is 12.1. The molecule has 1 aromatic heterocycles. The molecule has 0 aliphatic heterocycles. The predicted octanol–water partition coefficient (Wildman–Crippen LogP) is 5.68. The van der Waals surface area contributed by atoms with E-state index in [1.165, 1.54) is 11.8 Å². The summed E-state index contributed by atoms with van der Waals surface area (Å²) in [5, 5.41) is 0.205. The maximum atomic E-state index is 12.1. The Bertz CT molecular complexity index is 705. The minimum Gasteiger partial charge on any atom is -0.462 e. The van der Waals surface area contributed by atoms with Crippen LogP contribution in [0.15, 0.2) is 34.1 Å². The monoisotopic (exact) mass is 375 g/mol. The molecule has 116 valence electrons. The Balaban J connectivity index is 2.51. The predicted molar refractivity (Wildman–Crippen MR) is 90.5 cm³/mol. The number of carbonyl (C=O) groups is 1. The van der Waals surface area contributed by atoms with Crippen LogP contribution in [0.25, 0.3) is 0 Å². The third-order valence-electron chi connectivity index (χ3n) is 2.73. The van der Waals surface area contributed by atoms with Crippen molar-refractivity contribution in [2.24, 2.45) is 0 Å². The number of hydrogen-bond acceptors (Lipinski definition) is 4. The van der Waals surface area contributed by atoms with Crippen molar-refractivity contribution in [3.8, 4) is 0 Å². The van der Waals surface area contributed by atoms with E-state index in [0.29, 0.717) is 4.90 Å². The molecule has 0 amide bonds. The molecule has 0 radical (unpaired) electrons. The summed E-state index contributed by atoms with van der Waals surface area (Å²) in [5.41, 5.74) is 1.26. The van der Waals surface area contributed by atoms with Crippen LogP contribution in [-0.4, -0.2) is 17.6 Å². The first-order valence-electron chi connectivity index (χ1n) is 6.40. The summed E-state index contributed by atoms with van der Waals surface area (Å²) in [6, 6.07) is 7.77. The van der Waals surface area contributed by atoms with E-state index in [9.17, 15) is 4.79 Å². The van der Waals surface area contributed by atoms with Gasteiger partial charge in [0, 0.05) is 4.90 Å². The Hall–Kier alpha value is -0.940. The Labute approximate surface area is 147 Å². The van der Waals surface area contributed by atoms with E-state index in [4.69, 9.17) is 39.5 Å². The molecule has 0 atom stereocenters. The minimum atomic E-state index is -0.576. The van der Waals surface area contributed by atoms with Gasteiger partial charge in [-0.15, -0.1) is 0 Å². The second-order valence-corrected chi connectivity index (χ2v) is 6.52. The van der Waals surface area contributed by atoms with E-state index in [1.54, 1.807) is 6.92 Å². The van der Waals surface area contributed by atoms with Gasteiger partial charge in [0.05, 0.1) is 16.5 Å². The Morgan fingerprint density at radius 1 is 1.18 bits per heavy atom. The summed E-state index contributed by atoms with van der Waals surface area (Å²) in [5.74, 6) is -0.576. The first-order valence-corrected chi connectivity index (χ1v) is 8.35. The normalized spacial score (nSPS) is 10.6. The summed E-state index contributed by atoms with van der Waals surface area (Å²) in [6.45, 7) is 3.93. The van der Waals surface area contributed by atoms with Crippen LogP contribution in [0.5, 0.6) is 0 Å². The van der Waals surface area contributed by atoms with Crippen LogP contribution in [0, 0.1) is 6.92 Å². The summed E-state index contributed by atoms with van der Waals surface area (Å²) < 4.78 is 5.02. The van der Waals surface area contributed by atoms with Gasteiger partial charge in [0.25, 0.3) is 0 Å². The average molecular weight is 377 g/mol. The van der Waals surface area contributed by atoms with Crippen molar-refractivity contribution in [1.82, 2.24) is 4.98 Å². The van der Waals surface area contributed by atoms with Gasteiger partial charge in [-0.25, -0.2) is 9.78 Å². The first kappa shape index (κ1) is 17.4. The van der Waals surface area contributed by atoms with Gasteiger partial charge in [0.2, 0.25) is 0 Å². The lowest BCUT2D eigenvalue weighted by Crippen LogP contribution is -2.09. The number of esters is 1. The van der Waals surface area contributed by atoms with E-state index in [2.05, 4.69) is 4.98 Å². The topological polar surface area (TPSA) is 39.2 Å². The van der Waals surface area contributed by atoms with Crippen LogP contribution in [-0.2, 0) is 4.74 Å². The molecule has 0 saturated heterocycles. The number of halogens is 3. The SMILES string of the molecule is CCOC(=O)c1c(Cl)nc(Cl)c(Cl)c1Sc1ccc(C)cc1. The smallest absolute Gasteiger partial charge is 0.342 e. The van der Waals surface area contributed by atoms with E-state index in [-0.39, 0.29) is 27.5 Å². The molecule has 0 spiro atoms. The number of nitrogens with zero attached hydrogens (tertiary/aromatic N) is 1. The van der Waals surface area contributed by atoms with Crippen molar-refractivity contribution in [3.63, 3.8) is 0 Å². The Morgan fingerprint density at radius 2 is 1.82 bits per heavy atom. The molecule has 0 bridgehead atoms. The molecule has 1 heterocycles. The molecule has 2 aromatic rings. The van der Waals surface area contributed by atoms with Gasteiger partial charge in [-0.05, 0) is 26.0 Å². The fourth-order valence-corrected chi connectivity index (χ4v) is 3.51. The molecule has 0 fully saturated rings. The first-order chi connectivity index (χ1) is 10.4. The highest BCUT2D eigenvalue weighted by Gasteiger charge is 2.24. The fraction of sp³-hybridized carbons (Fsp3) is 0.200. The highest BCUT2D eigenvalue weighted by Crippen LogP contribution is 2.41. The van der Waals surface area contributed by atoms with E-state index in [1.807, 2.05) is 31.2 Å². The van der Waals surface area contributed by atoms with Gasteiger partial charge >= 0.3 is 5.97 Å². The number of carbonyl (C=O) groups excluding carboxylic acids is 1. The lowest BCUT2D eigenvalue weighted by molar-refractivity contribution is 0.0522. The summed E-state index contributed by atoms with van der Waals surface area (Å²) >= 11 is 19.5. The minimum absolute atomic E-state index is 0.0255. The summed E-state index contributed by atoms with van der Waals surface area (Å²) in [4.78, 5) is 17.3. The third kappa shape index (κ3) is 3.87. The molecule has 0 N–H and O–H groups in total. The zero-order chi connectivity index (χ0) is 16.3. The number of aromatic nitrogens is 1. The van der Waals surface area contributed by atoms with Crippen LogP contribution >= 0.6 is 46.6 Å². The van der Waals surface area contributed by atoms with Crippen molar-refractivity contribution in [1.29, 1.82) is 0 Å². The molecule has 7 heteroatoms. The third-order valence-corrected chi connectivity index (χ3v) is 4.97. The number of hydrogen-bond donors (Lipinski definition) is 0. The Morgan fingerprint density at radius 3 is 2.41 bits per heavy atom. The standard InChI is InChI=1S/C15H12Cl3NO2S/c1-3-21-15(20)10-12(11(16)14(18)19-13(10)17)22-9-6-4-8(2)5-7-9/h4-7H,3H2,1-2H3. The Kier molecular flexibility index (Phi) is 5.98. The molecule has 3 nitrogen and oxygen atoms in total. The van der Waals surface area contributed by atoms with E-state index in [0.717, 1.165) is 10.5 Å². The lowest BCUT2D eigenvalue weighted by Gasteiger charge is -2.12. The summed E-state index contributed by atoms with van der Waals surface area (Å²) in [6.07, 6.45) is 0. The van der Waals surface area contributed by atoms with Crippen LogP contribution in [0.1, 0.15) is 22.8 Å². The van der Waals surface area contributed by atoms with Gasteiger partial charge in [0.1, 0.15) is 10.7 Å². The molecule has 2 rings (SSSR count). The molecule has 22 heavy (non-hydrogen) atoms. The highest BCUT2D eigenvalue weighted by molar-refractivity contribution is 7.99. The highest BCUT2D eigenvalue weighted by atomic mass is 35.5. The van der Waals surface area contributed by atoms with Crippen LogP contribution in [0.2, 0.25) is 15.3 Å². The molecular weight excluding hydrogens is 365 g/mol.